The number of piperidine rings is 1. The van der Waals surface area contributed by atoms with Gasteiger partial charge >= 0.3 is 0 Å². The number of hydrogen-bond acceptors (Lipinski definition) is 4. The second-order valence-electron chi connectivity index (χ2n) is 7.47. The van der Waals surface area contributed by atoms with Crippen molar-refractivity contribution in [3.63, 3.8) is 0 Å². The van der Waals surface area contributed by atoms with E-state index < -0.39 is 9.84 Å². The predicted molar refractivity (Wildman–Crippen MR) is 114 cm³/mol. The summed E-state index contributed by atoms with van der Waals surface area (Å²) in [5.74, 6) is -0.00247. The number of amides is 2. The summed E-state index contributed by atoms with van der Waals surface area (Å²) in [6.07, 6.45) is 4.44. The first-order valence-electron chi connectivity index (χ1n) is 9.74. The molecule has 0 unspecified atom stereocenters. The lowest BCUT2D eigenvalue weighted by molar-refractivity contribution is -0.119. The number of benzene rings is 2. The van der Waals surface area contributed by atoms with Crippen LogP contribution >= 0.6 is 0 Å². The fourth-order valence-electron chi connectivity index (χ4n) is 3.42. The Morgan fingerprint density at radius 3 is 2.48 bits per heavy atom. The SMILES string of the molecule is Cc1ccc(NC(=O)CCc2ccc(S(C)(=O)=O)cc2)cc1N1CCCCC1=O. The van der Waals surface area contributed by atoms with Gasteiger partial charge in [-0.05, 0) is 61.6 Å². The lowest BCUT2D eigenvalue weighted by Gasteiger charge is -2.28. The van der Waals surface area contributed by atoms with E-state index in [0.717, 1.165) is 29.7 Å². The molecule has 7 heteroatoms. The summed E-state index contributed by atoms with van der Waals surface area (Å²) in [4.78, 5) is 26.7. The first kappa shape index (κ1) is 21.0. The highest BCUT2D eigenvalue weighted by Gasteiger charge is 2.21. The maximum absolute atomic E-state index is 12.4. The highest BCUT2D eigenvalue weighted by Crippen LogP contribution is 2.28. The number of nitrogens with one attached hydrogen (secondary N) is 1. The van der Waals surface area contributed by atoms with Crippen molar-refractivity contribution in [2.75, 3.05) is 23.0 Å². The van der Waals surface area contributed by atoms with Crippen LogP contribution in [0.1, 0.15) is 36.8 Å². The number of aryl methyl sites for hydroxylation is 2. The van der Waals surface area contributed by atoms with E-state index in [1.807, 2.05) is 25.1 Å². The third kappa shape index (κ3) is 5.44. The maximum Gasteiger partial charge on any atom is 0.226 e. The molecule has 0 spiro atoms. The molecule has 1 N–H and O–H groups in total. The molecule has 2 amide bonds. The van der Waals surface area contributed by atoms with Crippen LogP contribution in [0.15, 0.2) is 47.4 Å². The molecular formula is C22H26N2O4S. The zero-order chi connectivity index (χ0) is 21.0. The van der Waals surface area contributed by atoms with E-state index in [2.05, 4.69) is 5.32 Å². The van der Waals surface area contributed by atoms with Crippen molar-refractivity contribution in [2.45, 2.75) is 43.9 Å². The Morgan fingerprint density at radius 2 is 1.83 bits per heavy atom. The zero-order valence-corrected chi connectivity index (χ0v) is 17.6. The normalized spacial score (nSPS) is 14.7. The van der Waals surface area contributed by atoms with E-state index in [1.54, 1.807) is 29.2 Å². The molecule has 1 aliphatic heterocycles. The average Bonchev–Trinajstić information content (AvgIpc) is 2.68. The van der Waals surface area contributed by atoms with Gasteiger partial charge in [0, 0.05) is 37.0 Å². The first-order valence-corrected chi connectivity index (χ1v) is 11.6. The predicted octanol–water partition coefficient (Wildman–Crippen LogP) is 3.49. The summed E-state index contributed by atoms with van der Waals surface area (Å²) in [7, 11) is -3.22. The molecule has 0 bridgehead atoms. The zero-order valence-electron chi connectivity index (χ0n) is 16.8. The second kappa shape index (κ2) is 8.78. The molecule has 1 heterocycles. The van der Waals surface area contributed by atoms with Gasteiger partial charge in [0.15, 0.2) is 9.84 Å². The van der Waals surface area contributed by atoms with Gasteiger partial charge in [-0.1, -0.05) is 18.2 Å². The minimum atomic E-state index is -3.22. The fraction of sp³-hybridized carbons (Fsp3) is 0.364. The Balaban J connectivity index is 1.62. The van der Waals surface area contributed by atoms with Crippen LogP contribution in [0.25, 0.3) is 0 Å². The molecule has 1 aliphatic rings. The number of sulfone groups is 1. The average molecular weight is 415 g/mol. The van der Waals surface area contributed by atoms with Crippen molar-refractivity contribution in [2.24, 2.45) is 0 Å². The minimum Gasteiger partial charge on any atom is -0.326 e. The van der Waals surface area contributed by atoms with Gasteiger partial charge < -0.3 is 10.2 Å². The molecule has 1 fully saturated rings. The topological polar surface area (TPSA) is 83.6 Å². The Bertz CT molecular complexity index is 1010. The van der Waals surface area contributed by atoms with Crippen LogP contribution in [0.3, 0.4) is 0 Å². The molecule has 0 aromatic heterocycles. The van der Waals surface area contributed by atoms with E-state index >= 15 is 0 Å². The van der Waals surface area contributed by atoms with Crippen LogP contribution in [0, 0.1) is 6.92 Å². The molecule has 3 rings (SSSR count). The molecule has 0 saturated carbocycles. The molecule has 2 aromatic carbocycles. The van der Waals surface area contributed by atoms with Gasteiger partial charge in [0.25, 0.3) is 0 Å². The van der Waals surface area contributed by atoms with Crippen LogP contribution in [-0.2, 0) is 25.8 Å². The monoisotopic (exact) mass is 414 g/mol. The van der Waals surface area contributed by atoms with Crippen molar-refractivity contribution in [1.82, 2.24) is 0 Å². The lowest BCUT2D eigenvalue weighted by Crippen LogP contribution is -2.35. The molecule has 1 saturated heterocycles. The molecule has 2 aromatic rings. The number of rotatable bonds is 6. The number of hydrogen-bond donors (Lipinski definition) is 1. The molecular weight excluding hydrogens is 388 g/mol. The number of anilines is 2. The third-order valence-corrected chi connectivity index (χ3v) is 6.23. The van der Waals surface area contributed by atoms with Gasteiger partial charge in [-0.25, -0.2) is 8.42 Å². The van der Waals surface area contributed by atoms with Gasteiger partial charge in [0.1, 0.15) is 0 Å². The molecule has 0 radical (unpaired) electrons. The summed E-state index contributed by atoms with van der Waals surface area (Å²) in [5.41, 5.74) is 3.42. The van der Waals surface area contributed by atoms with E-state index in [9.17, 15) is 18.0 Å². The Morgan fingerprint density at radius 1 is 1.10 bits per heavy atom. The van der Waals surface area contributed by atoms with Gasteiger partial charge in [-0.3, -0.25) is 9.59 Å². The van der Waals surface area contributed by atoms with Crippen LogP contribution in [0.2, 0.25) is 0 Å². The third-order valence-electron chi connectivity index (χ3n) is 5.10. The van der Waals surface area contributed by atoms with E-state index in [0.29, 0.717) is 25.1 Å². The van der Waals surface area contributed by atoms with Gasteiger partial charge in [0.2, 0.25) is 11.8 Å². The molecule has 154 valence electrons. The largest absolute Gasteiger partial charge is 0.326 e. The van der Waals surface area contributed by atoms with Crippen LogP contribution in [0.4, 0.5) is 11.4 Å². The molecule has 6 nitrogen and oxygen atoms in total. The van der Waals surface area contributed by atoms with E-state index in [-0.39, 0.29) is 23.1 Å². The number of carbonyl (C=O) groups is 2. The molecule has 0 aliphatic carbocycles. The summed E-state index contributed by atoms with van der Waals surface area (Å²) < 4.78 is 23.0. The van der Waals surface area contributed by atoms with Crippen LogP contribution < -0.4 is 10.2 Å². The van der Waals surface area contributed by atoms with Crippen molar-refractivity contribution >= 4 is 33.0 Å². The quantitative estimate of drug-likeness (QED) is 0.784. The fourth-order valence-corrected chi connectivity index (χ4v) is 4.05. The minimum absolute atomic E-state index is 0.125. The summed E-state index contributed by atoms with van der Waals surface area (Å²) >= 11 is 0. The summed E-state index contributed by atoms with van der Waals surface area (Å²) in [5, 5.41) is 2.90. The van der Waals surface area contributed by atoms with E-state index in [1.165, 1.54) is 6.26 Å². The highest BCUT2D eigenvalue weighted by atomic mass is 32.2. The lowest BCUT2D eigenvalue weighted by atomic mass is 10.1. The summed E-state index contributed by atoms with van der Waals surface area (Å²) in [6.45, 7) is 2.67. The highest BCUT2D eigenvalue weighted by molar-refractivity contribution is 7.90. The van der Waals surface area contributed by atoms with Crippen LogP contribution in [0.5, 0.6) is 0 Å². The Kier molecular flexibility index (Phi) is 6.37. The van der Waals surface area contributed by atoms with Crippen molar-refractivity contribution in [3.05, 3.63) is 53.6 Å². The maximum atomic E-state index is 12.4. The van der Waals surface area contributed by atoms with Crippen molar-refractivity contribution < 1.29 is 18.0 Å². The molecule has 0 atom stereocenters. The number of carbonyl (C=O) groups excluding carboxylic acids is 2. The smallest absolute Gasteiger partial charge is 0.226 e. The van der Waals surface area contributed by atoms with Gasteiger partial charge in [-0.2, -0.15) is 0 Å². The van der Waals surface area contributed by atoms with Crippen molar-refractivity contribution in [3.8, 4) is 0 Å². The van der Waals surface area contributed by atoms with Gasteiger partial charge in [0.05, 0.1) is 4.90 Å². The van der Waals surface area contributed by atoms with Gasteiger partial charge in [-0.15, -0.1) is 0 Å². The van der Waals surface area contributed by atoms with E-state index in [4.69, 9.17) is 0 Å². The Labute approximate surface area is 171 Å². The summed E-state index contributed by atoms with van der Waals surface area (Å²) in [6, 6.07) is 12.2. The Hall–Kier alpha value is -2.67. The number of nitrogens with zero attached hydrogens (tertiary/aromatic N) is 1. The standard InChI is InChI=1S/C22H26N2O4S/c1-16-6-10-18(15-20(16)24-14-4-3-5-22(24)26)23-21(25)13-9-17-7-11-19(12-8-17)29(2,27)28/h6-8,10-12,15H,3-5,9,13-14H2,1-2H3,(H,23,25). The first-order chi connectivity index (χ1) is 13.7. The second-order valence-corrected chi connectivity index (χ2v) is 9.48. The molecule has 29 heavy (non-hydrogen) atoms. The van der Waals surface area contributed by atoms with Crippen LogP contribution in [-0.4, -0.2) is 33.0 Å². The van der Waals surface area contributed by atoms with Crippen molar-refractivity contribution in [1.29, 1.82) is 0 Å².